The van der Waals surface area contributed by atoms with Gasteiger partial charge in [-0.05, 0) is 23.8 Å². The first-order valence-electron chi connectivity index (χ1n) is 6.26. The van der Waals surface area contributed by atoms with Gasteiger partial charge in [-0.25, -0.2) is 9.59 Å². The van der Waals surface area contributed by atoms with Crippen LogP contribution in [0, 0.1) is 0 Å². The molecule has 2 aromatic rings. The number of carboxylic acids is 1. The third-order valence-electron chi connectivity index (χ3n) is 3.17. The lowest BCUT2D eigenvalue weighted by atomic mass is 10.0. The molecule has 21 heavy (non-hydrogen) atoms. The van der Waals surface area contributed by atoms with Crippen molar-refractivity contribution in [2.45, 2.75) is 12.5 Å². The predicted molar refractivity (Wildman–Crippen MR) is 75.5 cm³/mol. The van der Waals surface area contributed by atoms with Gasteiger partial charge in [0.05, 0.1) is 14.2 Å². The first kappa shape index (κ1) is 14.7. The minimum atomic E-state index is -1.13. The molecule has 1 aromatic heterocycles. The van der Waals surface area contributed by atoms with Crippen LogP contribution in [-0.4, -0.2) is 42.4 Å². The number of carbonyl (C=O) groups is 2. The Morgan fingerprint density at radius 2 is 2.14 bits per heavy atom. The number of carboxylic acid groups (broad SMARTS) is 1. The number of fused-ring (bicyclic) bond motifs is 1. The summed E-state index contributed by atoms with van der Waals surface area (Å²) in [7, 11) is 2.75. The Morgan fingerprint density at radius 1 is 1.38 bits per heavy atom. The largest absolute Gasteiger partial charge is 0.497 e. The second-order valence-electron chi connectivity index (χ2n) is 4.46. The SMILES string of the molecule is COC(=O)N[C@H](Cc1c[nH]c2ccc(OC)cc12)C(=O)O. The Hall–Kier alpha value is -2.70. The monoisotopic (exact) mass is 292 g/mol. The molecule has 3 N–H and O–H groups in total. The van der Waals surface area contributed by atoms with Crippen LogP contribution in [0.4, 0.5) is 4.79 Å². The Kier molecular flexibility index (Phi) is 4.32. The van der Waals surface area contributed by atoms with Crippen LogP contribution in [0.3, 0.4) is 0 Å². The number of ether oxygens (including phenoxy) is 2. The molecule has 0 unspecified atom stereocenters. The van der Waals surface area contributed by atoms with E-state index in [9.17, 15) is 14.7 Å². The second kappa shape index (κ2) is 6.17. The van der Waals surface area contributed by atoms with Crippen molar-refractivity contribution in [3.05, 3.63) is 30.0 Å². The van der Waals surface area contributed by atoms with E-state index >= 15 is 0 Å². The number of benzene rings is 1. The Balaban J connectivity index is 2.28. The predicted octanol–water partition coefficient (Wildman–Crippen LogP) is 1.53. The summed E-state index contributed by atoms with van der Waals surface area (Å²) in [6.07, 6.45) is 1.08. The molecule has 7 heteroatoms. The molecule has 0 saturated heterocycles. The van der Waals surface area contributed by atoms with Crippen molar-refractivity contribution < 1.29 is 24.2 Å². The number of nitrogens with one attached hydrogen (secondary N) is 2. The Bertz CT molecular complexity index is 664. The lowest BCUT2D eigenvalue weighted by molar-refractivity contribution is -0.139. The number of methoxy groups -OCH3 is 2. The van der Waals surface area contributed by atoms with E-state index in [0.29, 0.717) is 5.75 Å². The van der Waals surface area contributed by atoms with Crippen molar-refractivity contribution in [3.63, 3.8) is 0 Å². The van der Waals surface area contributed by atoms with Gasteiger partial charge < -0.3 is 24.9 Å². The van der Waals surface area contributed by atoms with E-state index in [1.54, 1.807) is 13.3 Å². The van der Waals surface area contributed by atoms with Crippen LogP contribution in [0.25, 0.3) is 10.9 Å². The number of hydrogen-bond donors (Lipinski definition) is 3. The molecule has 1 aromatic carbocycles. The number of aromatic nitrogens is 1. The fraction of sp³-hybridized carbons (Fsp3) is 0.286. The molecule has 7 nitrogen and oxygen atoms in total. The fourth-order valence-corrected chi connectivity index (χ4v) is 2.07. The number of aromatic amines is 1. The summed E-state index contributed by atoms with van der Waals surface area (Å²) in [6, 6.07) is 4.41. The standard InChI is InChI=1S/C14H16N2O5/c1-20-9-3-4-11-10(6-9)8(7-15-11)5-12(13(17)18)16-14(19)21-2/h3-4,6-7,12,15H,5H2,1-2H3,(H,16,19)(H,17,18)/t12-/m1/s1. The summed E-state index contributed by atoms with van der Waals surface area (Å²) >= 11 is 0. The van der Waals surface area contributed by atoms with Gasteiger partial charge in [-0.1, -0.05) is 0 Å². The maximum Gasteiger partial charge on any atom is 0.407 e. The van der Waals surface area contributed by atoms with Gasteiger partial charge in [-0.3, -0.25) is 0 Å². The number of rotatable bonds is 5. The third kappa shape index (κ3) is 3.25. The zero-order chi connectivity index (χ0) is 15.4. The van der Waals surface area contributed by atoms with E-state index in [1.165, 1.54) is 7.11 Å². The van der Waals surface area contributed by atoms with E-state index in [1.807, 2.05) is 18.2 Å². The molecule has 0 spiro atoms. The van der Waals surface area contributed by atoms with Gasteiger partial charge >= 0.3 is 12.1 Å². The second-order valence-corrected chi connectivity index (χ2v) is 4.46. The highest BCUT2D eigenvalue weighted by molar-refractivity contribution is 5.86. The molecular weight excluding hydrogens is 276 g/mol. The first-order valence-corrected chi connectivity index (χ1v) is 6.26. The van der Waals surface area contributed by atoms with Gasteiger partial charge in [0.25, 0.3) is 0 Å². The molecule has 0 bridgehead atoms. The number of alkyl carbamates (subject to hydrolysis) is 1. The molecule has 0 fully saturated rings. The number of carbonyl (C=O) groups excluding carboxylic acids is 1. The minimum Gasteiger partial charge on any atom is -0.497 e. The van der Waals surface area contributed by atoms with Gasteiger partial charge in [-0.15, -0.1) is 0 Å². The molecule has 0 radical (unpaired) electrons. The van der Waals surface area contributed by atoms with Gasteiger partial charge in [-0.2, -0.15) is 0 Å². The zero-order valence-corrected chi connectivity index (χ0v) is 11.7. The van der Waals surface area contributed by atoms with E-state index < -0.39 is 18.1 Å². The fourth-order valence-electron chi connectivity index (χ4n) is 2.07. The highest BCUT2D eigenvalue weighted by atomic mass is 16.5. The average molecular weight is 292 g/mol. The van der Waals surface area contributed by atoms with Crippen LogP contribution in [0.2, 0.25) is 0 Å². The van der Waals surface area contributed by atoms with Crippen molar-refractivity contribution in [2.24, 2.45) is 0 Å². The average Bonchev–Trinajstić information content (AvgIpc) is 2.88. The maximum absolute atomic E-state index is 11.2. The van der Waals surface area contributed by atoms with Crippen LogP contribution in [0.5, 0.6) is 5.75 Å². The van der Waals surface area contributed by atoms with Crippen LogP contribution in [0.15, 0.2) is 24.4 Å². The molecule has 0 aliphatic heterocycles. The number of hydrogen-bond acceptors (Lipinski definition) is 4. The summed E-state index contributed by atoms with van der Waals surface area (Å²) in [6.45, 7) is 0. The van der Waals surface area contributed by atoms with Crippen LogP contribution in [-0.2, 0) is 16.0 Å². The number of H-pyrrole nitrogens is 1. The molecule has 1 atom stereocenters. The van der Waals surface area contributed by atoms with Crippen LogP contribution >= 0.6 is 0 Å². The van der Waals surface area contributed by atoms with E-state index in [2.05, 4.69) is 15.0 Å². The smallest absolute Gasteiger partial charge is 0.407 e. The van der Waals surface area contributed by atoms with Crippen molar-refractivity contribution >= 4 is 23.0 Å². The van der Waals surface area contributed by atoms with Crippen molar-refractivity contribution in [1.29, 1.82) is 0 Å². The molecule has 0 saturated carbocycles. The lowest BCUT2D eigenvalue weighted by Gasteiger charge is -2.13. The first-order chi connectivity index (χ1) is 10.0. The summed E-state index contributed by atoms with van der Waals surface area (Å²) < 4.78 is 9.59. The van der Waals surface area contributed by atoms with Gasteiger partial charge in [0, 0.05) is 23.5 Å². The van der Waals surface area contributed by atoms with Gasteiger partial charge in [0.2, 0.25) is 0 Å². The minimum absolute atomic E-state index is 0.137. The maximum atomic E-state index is 11.2. The van der Waals surface area contributed by atoms with Gasteiger partial charge in [0.15, 0.2) is 0 Å². The zero-order valence-electron chi connectivity index (χ0n) is 11.7. The lowest BCUT2D eigenvalue weighted by Crippen LogP contribution is -2.42. The van der Waals surface area contributed by atoms with Crippen molar-refractivity contribution in [3.8, 4) is 5.75 Å². The van der Waals surface area contributed by atoms with E-state index in [4.69, 9.17) is 4.74 Å². The van der Waals surface area contributed by atoms with Crippen LogP contribution in [0.1, 0.15) is 5.56 Å². The Morgan fingerprint density at radius 3 is 2.76 bits per heavy atom. The van der Waals surface area contributed by atoms with Gasteiger partial charge in [0.1, 0.15) is 11.8 Å². The molecule has 2 rings (SSSR count). The molecule has 0 aliphatic carbocycles. The number of aliphatic carboxylic acids is 1. The highest BCUT2D eigenvalue weighted by Gasteiger charge is 2.22. The van der Waals surface area contributed by atoms with Crippen LogP contribution < -0.4 is 10.1 Å². The van der Waals surface area contributed by atoms with Crippen molar-refractivity contribution in [2.75, 3.05) is 14.2 Å². The summed E-state index contributed by atoms with van der Waals surface area (Å²) in [4.78, 5) is 25.5. The quantitative estimate of drug-likeness (QED) is 0.776. The van der Waals surface area contributed by atoms with E-state index in [0.717, 1.165) is 16.5 Å². The summed E-state index contributed by atoms with van der Waals surface area (Å²) in [5.74, 6) is -0.450. The topological polar surface area (TPSA) is 101 Å². The molecule has 1 amide bonds. The molecule has 112 valence electrons. The molecule has 1 heterocycles. The summed E-state index contributed by atoms with van der Waals surface area (Å²) in [5, 5.41) is 12.3. The molecular formula is C14H16N2O5. The number of amides is 1. The highest BCUT2D eigenvalue weighted by Crippen LogP contribution is 2.24. The third-order valence-corrected chi connectivity index (χ3v) is 3.17. The van der Waals surface area contributed by atoms with E-state index in [-0.39, 0.29) is 6.42 Å². The molecule has 0 aliphatic rings. The Labute approximate surface area is 120 Å². The normalized spacial score (nSPS) is 11.9. The summed E-state index contributed by atoms with van der Waals surface area (Å²) in [5.41, 5.74) is 1.64. The van der Waals surface area contributed by atoms with Crippen molar-refractivity contribution in [1.82, 2.24) is 10.3 Å².